The number of halogens is 1. The van der Waals surface area contributed by atoms with Crippen molar-refractivity contribution in [3.8, 4) is 0 Å². The number of ether oxygens (including phenoxy) is 1. The molecule has 0 saturated heterocycles. The van der Waals surface area contributed by atoms with Crippen molar-refractivity contribution in [2.24, 2.45) is 0 Å². The predicted octanol–water partition coefficient (Wildman–Crippen LogP) is 2.65. The molecule has 0 atom stereocenters. The molecule has 0 aliphatic rings. The van der Waals surface area contributed by atoms with E-state index in [9.17, 15) is 8.42 Å². The summed E-state index contributed by atoms with van der Waals surface area (Å²) in [6, 6.07) is 4.93. The van der Waals surface area contributed by atoms with E-state index in [0.29, 0.717) is 30.3 Å². The SMILES string of the molecule is CCCCOCCNCc1c(Cl)cccc1S(C)(=O)=O. The molecule has 6 heteroatoms. The van der Waals surface area contributed by atoms with Gasteiger partial charge in [0.05, 0.1) is 11.5 Å². The fraction of sp³-hybridized carbons (Fsp3) is 0.571. The van der Waals surface area contributed by atoms with Crippen molar-refractivity contribution < 1.29 is 13.2 Å². The maximum atomic E-state index is 11.7. The highest BCUT2D eigenvalue weighted by Gasteiger charge is 2.15. The highest BCUT2D eigenvalue weighted by Crippen LogP contribution is 2.23. The Morgan fingerprint density at radius 1 is 1.30 bits per heavy atom. The van der Waals surface area contributed by atoms with Gasteiger partial charge in [-0.05, 0) is 18.6 Å². The number of hydrogen-bond donors (Lipinski definition) is 1. The molecular formula is C14H22ClNO3S. The minimum absolute atomic E-state index is 0.282. The molecule has 0 aromatic heterocycles. The minimum atomic E-state index is -3.27. The lowest BCUT2D eigenvalue weighted by molar-refractivity contribution is 0.133. The van der Waals surface area contributed by atoms with Gasteiger partial charge in [-0.3, -0.25) is 0 Å². The topological polar surface area (TPSA) is 55.4 Å². The predicted molar refractivity (Wildman–Crippen MR) is 82.0 cm³/mol. The summed E-state index contributed by atoms with van der Waals surface area (Å²) < 4.78 is 28.8. The molecule has 0 fully saturated rings. The first-order valence-corrected chi connectivity index (χ1v) is 8.99. The maximum Gasteiger partial charge on any atom is 0.175 e. The number of unbranched alkanes of at least 4 members (excludes halogenated alkanes) is 1. The summed E-state index contributed by atoms with van der Waals surface area (Å²) >= 11 is 6.08. The van der Waals surface area contributed by atoms with Gasteiger partial charge in [0, 0.05) is 36.5 Å². The first kappa shape index (κ1) is 17.4. The molecule has 114 valence electrons. The van der Waals surface area contributed by atoms with Crippen LogP contribution in [0.2, 0.25) is 5.02 Å². The van der Waals surface area contributed by atoms with E-state index in [0.717, 1.165) is 19.4 Å². The van der Waals surface area contributed by atoms with Crippen LogP contribution in [0.25, 0.3) is 0 Å². The highest BCUT2D eigenvalue weighted by atomic mass is 35.5. The van der Waals surface area contributed by atoms with Crippen molar-refractivity contribution in [2.75, 3.05) is 26.0 Å². The fourth-order valence-corrected chi connectivity index (χ4v) is 3.02. The second-order valence-electron chi connectivity index (χ2n) is 4.63. The van der Waals surface area contributed by atoms with Crippen LogP contribution < -0.4 is 5.32 Å². The first-order valence-electron chi connectivity index (χ1n) is 6.72. The molecule has 0 radical (unpaired) electrons. The van der Waals surface area contributed by atoms with E-state index in [1.54, 1.807) is 18.2 Å². The third kappa shape index (κ3) is 5.79. The van der Waals surface area contributed by atoms with E-state index in [1.807, 2.05) is 0 Å². The summed E-state index contributed by atoms with van der Waals surface area (Å²) in [5.74, 6) is 0. The molecule has 1 N–H and O–H groups in total. The van der Waals surface area contributed by atoms with Gasteiger partial charge in [0.15, 0.2) is 9.84 Å². The first-order chi connectivity index (χ1) is 9.46. The van der Waals surface area contributed by atoms with Crippen molar-refractivity contribution in [3.05, 3.63) is 28.8 Å². The average Bonchev–Trinajstić information content (AvgIpc) is 2.38. The molecule has 1 rings (SSSR count). The molecule has 1 aromatic rings. The molecular weight excluding hydrogens is 298 g/mol. The van der Waals surface area contributed by atoms with Crippen LogP contribution in [0.3, 0.4) is 0 Å². The van der Waals surface area contributed by atoms with Crippen molar-refractivity contribution in [1.29, 1.82) is 0 Å². The highest BCUT2D eigenvalue weighted by molar-refractivity contribution is 7.90. The second-order valence-corrected chi connectivity index (χ2v) is 7.02. The molecule has 0 heterocycles. The van der Waals surface area contributed by atoms with E-state index in [-0.39, 0.29) is 4.90 Å². The summed E-state index contributed by atoms with van der Waals surface area (Å²) in [4.78, 5) is 0.282. The third-order valence-electron chi connectivity index (χ3n) is 2.84. The zero-order valence-corrected chi connectivity index (χ0v) is 13.6. The standard InChI is InChI=1S/C14H22ClNO3S/c1-3-4-9-19-10-8-16-11-12-13(15)6-5-7-14(12)20(2,17)18/h5-7,16H,3-4,8-11H2,1-2H3. The van der Waals surface area contributed by atoms with E-state index in [1.165, 1.54) is 6.26 Å². The maximum absolute atomic E-state index is 11.7. The molecule has 1 aromatic carbocycles. The molecule has 4 nitrogen and oxygen atoms in total. The fourth-order valence-electron chi connectivity index (χ4n) is 1.76. The van der Waals surface area contributed by atoms with Crippen LogP contribution in [0.5, 0.6) is 0 Å². The summed E-state index contributed by atoms with van der Waals surface area (Å²) in [6.45, 7) is 4.57. The second kappa shape index (κ2) is 8.62. The van der Waals surface area contributed by atoms with Crippen LogP contribution in [-0.2, 0) is 21.1 Å². The Balaban J connectivity index is 2.52. The third-order valence-corrected chi connectivity index (χ3v) is 4.38. The molecule has 0 aliphatic carbocycles. The van der Waals surface area contributed by atoms with Crippen molar-refractivity contribution in [3.63, 3.8) is 0 Å². The quantitative estimate of drug-likeness (QED) is 0.711. The number of rotatable bonds is 9. The van der Waals surface area contributed by atoms with Gasteiger partial charge >= 0.3 is 0 Å². The zero-order valence-electron chi connectivity index (χ0n) is 12.0. The minimum Gasteiger partial charge on any atom is -0.380 e. The molecule has 0 bridgehead atoms. The number of benzene rings is 1. The molecule has 20 heavy (non-hydrogen) atoms. The number of hydrogen-bond acceptors (Lipinski definition) is 4. The summed E-state index contributed by atoms with van der Waals surface area (Å²) in [6.07, 6.45) is 3.36. The van der Waals surface area contributed by atoms with E-state index in [2.05, 4.69) is 12.2 Å². The van der Waals surface area contributed by atoms with Crippen LogP contribution >= 0.6 is 11.6 Å². The van der Waals surface area contributed by atoms with Gasteiger partial charge in [-0.15, -0.1) is 0 Å². The van der Waals surface area contributed by atoms with Crippen molar-refractivity contribution >= 4 is 21.4 Å². The summed E-state index contributed by atoms with van der Waals surface area (Å²) in [5.41, 5.74) is 0.616. The lowest BCUT2D eigenvalue weighted by Crippen LogP contribution is -2.21. The van der Waals surface area contributed by atoms with Gasteiger partial charge in [-0.1, -0.05) is 31.0 Å². The summed E-state index contributed by atoms with van der Waals surface area (Å²) in [5, 5.41) is 3.62. The number of sulfone groups is 1. The molecule has 0 spiro atoms. The Bertz CT molecular complexity index is 517. The Labute approximate surface area is 126 Å². The van der Waals surface area contributed by atoms with Gasteiger partial charge in [0.2, 0.25) is 0 Å². The van der Waals surface area contributed by atoms with Gasteiger partial charge < -0.3 is 10.1 Å². The van der Waals surface area contributed by atoms with Crippen LogP contribution in [0.1, 0.15) is 25.3 Å². The van der Waals surface area contributed by atoms with E-state index >= 15 is 0 Å². The molecule has 0 aliphatic heterocycles. The van der Waals surface area contributed by atoms with Gasteiger partial charge in [0.1, 0.15) is 0 Å². The normalized spacial score (nSPS) is 11.8. The molecule has 0 saturated carbocycles. The largest absolute Gasteiger partial charge is 0.380 e. The van der Waals surface area contributed by atoms with E-state index < -0.39 is 9.84 Å². The van der Waals surface area contributed by atoms with E-state index in [4.69, 9.17) is 16.3 Å². The van der Waals surface area contributed by atoms with Crippen LogP contribution in [0.4, 0.5) is 0 Å². The van der Waals surface area contributed by atoms with Crippen molar-refractivity contribution in [2.45, 2.75) is 31.2 Å². The Hall–Kier alpha value is -0.620. The Morgan fingerprint density at radius 2 is 2.05 bits per heavy atom. The summed E-state index contributed by atoms with van der Waals surface area (Å²) in [7, 11) is -3.27. The molecule has 0 unspecified atom stereocenters. The average molecular weight is 320 g/mol. The molecule has 0 amide bonds. The Morgan fingerprint density at radius 3 is 2.70 bits per heavy atom. The van der Waals surface area contributed by atoms with Crippen LogP contribution in [-0.4, -0.2) is 34.4 Å². The van der Waals surface area contributed by atoms with Crippen LogP contribution in [0, 0.1) is 0 Å². The monoisotopic (exact) mass is 319 g/mol. The Kier molecular flexibility index (Phi) is 7.51. The number of nitrogens with one attached hydrogen (secondary N) is 1. The smallest absolute Gasteiger partial charge is 0.175 e. The lowest BCUT2D eigenvalue weighted by atomic mass is 10.2. The van der Waals surface area contributed by atoms with Gasteiger partial charge in [-0.2, -0.15) is 0 Å². The van der Waals surface area contributed by atoms with Crippen LogP contribution in [0.15, 0.2) is 23.1 Å². The zero-order chi connectivity index (χ0) is 15.0. The van der Waals surface area contributed by atoms with Crippen molar-refractivity contribution in [1.82, 2.24) is 5.32 Å². The van der Waals surface area contributed by atoms with Gasteiger partial charge in [-0.25, -0.2) is 8.42 Å². The lowest BCUT2D eigenvalue weighted by Gasteiger charge is -2.11. The van der Waals surface area contributed by atoms with Gasteiger partial charge in [0.25, 0.3) is 0 Å².